The number of rotatable bonds is 5. The summed E-state index contributed by atoms with van der Waals surface area (Å²) < 4.78 is 5.34. The van der Waals surface area contributed by atoms with Gasteiger partial charge in [0.1, 0.15) is 11.6 Å². The van der Waals surface area contributed by atoms with Gasteiger partial charge >= 0.3 is 6.09 Å². The number of amides is 1. The average molecular weight is 410 g/mol. The first kappa shape index (κ1) is 20.4. The topological polar surface area (TPSA) is 79.4 Å². The number of aromatic nitrogens is 2. The summed E-state index contributed by atoms with van der Waals surface area (Å²) in [7, 11) is 4.10. The van der Waals surface area contributed by atoms with E-state index in [2.05, 4.69) is 15.5 Å². The molecule has 2 N–H and O–H groups in total. The molecule has 1 fully saturated rings. The van der Waals surface area contributed by atoms with Crippen LogP contribution in [0.3, 0.4) is 0 Å². The first-order valence-electron chi connectivity index (χ1n) is 11.0. The van der Waals surface area contributed by atoms with Crippen LogP contribution in [-0.4, -0.2) is 42.2 Å². The molecule has 0 unspecified atom stereocenters. The third-order valence-corrected chi connectivity index (χ3v) is 5.92. The highest BCUT2D eigenvalue weighted by Crippen LogP contribution is 2.29. The molecule has 0 bridgehead atoms. The van der Waals surface area contributed by atoms with E-state index in [-0.39, 0.29) is 12.1 Å². The lowest BCUT2D eigenvalue weighted by Gasteiger charge is -2.30. The molecule has 2 aliphatic rings. The largest absolute Gasteiger partial charge is 0.412 e. The standard InChI is InChI=1S/C23H31N5O2/c1-28(2)21-19-10-6-7-11-20(19)26-22(27-21)24-16-12-14-17(15-13-16)25-23(29)30-18-8-4-3-5-9-18/h3-5,8-9,16-17H,6-7,10-15H2,1-2H3,(H,25,29)(H,24,26,27). The minimum Gasteiger partial charge on any atom is -0.410 e. The number of ether oxygens (including phenoxy) is 1. The Morgan fingerprint density at radius 2 is 1.70 bits per heavy atom. The Morgan fingerprint density at radius 3 is 2.43 bits per heavy atom. The molecule has 1 aromatic heterocycles. The highest BCUT2D eigenvalue weighted by atomic mass is 16.6. The number of hydrogen-bond donors (Lipinski definition) is 2. The lowest BCUT2D eigenvalue weighted by molar-refractivity contribution is 0.191. The van der Waals surface area contributed by atoms with Crippen molar-refractivity contribution < 1.29 is 9.53 Å². The van der Waals surface area contributed by atoms with E-state index >= 15 is 0 Å². The number of para-hydroxylation sites is 1. The van der Waals surface area contributed by atoms with E-state index in [1.165, 1.54) is 24.1 Å². The fourth-order valence-corrected chi connectivity index (χ4v) is 4.37. The van der Waals surface area contributed by atoms with Crippen LogP contribution < -0.4 is 20.3 Å². The number of hydrogen-bond acceptors (Lipinski definition) is 6. The smallest absolute Gasteiger partial charge is 0.410 e. The van der Waals surface area contributed by atoms with Crippen molar-refractivity contribution in [1.82, 2.24) is 15.3 Å². The maximum Gasteiger partial charge on any atom is 0.412 e. The van der Waals surface area contributed by atoms with Crippen molar-refractivity contribution in [2.75, 3.05) is 24.3 Å². The average Bonchev–Trinajstić information content (AvgIpc) is 2.75. The van der Waals surface area contributed by atoms with Crippen LogP contribution in [0.4, 0.5) is 16.6 Å². The van der Waals surface area contributed by atoms with Crippen molar-refractivity contribution in [1.29, 1.82) is 0 Å². The van der Waals surface area contributed by atoms with Crippen LogP contribution in [-0.2, 0) is 12.8 Å². The summed E-state index contributed by atoms with van der Waals surface area (Å²) in [6.07, 6.45) is 7.89. The molecule has 160 valence electrons. The van der Waals surface area contributed by atoms with Crippen molar-refractivity contribution in [3.63, 3.8) is 0 Å². The van der Waals surface area contributed by atoms with Crippen molar-refractivity contribution in [3.8, 4) is 5.75 Å². The van der Waals surface area contributed by atoms with Gasteiger partial charge in [-0.1, -0.05) is 18.2 Å². The molecular formula is C23H31N5O2. The van der Waals surface area contributed by atoms with Gasteiger partial charge < -0.3 is 20.3 Å². The molecule has 1 heterocycles. The molecule has 1 saturated carbocycles. The predicted molar refractivity (Wildman–Crippen MR) is 118 cm³/mol. The van der Waals surface area contributed by atoms with Gasteiger partial charge in [0.2, 0.25) is 5.95 Å². The lowest BCUT2D eigenvalue weighted by Crippen LogP contribution is -2.41. The summed E-state index contributed by atoms with van der Waals surface area (Å²) in [5, 5.41) is 6.54. The molecule has 2 aliphatic carbocycles. The summed E-state index contributed by atoms with van der Waals surface area (Å²) in [5.74, 6) is 2.34. The SMILES string of the molecule is CN(C)c1nc(NC2CCC(NC(=O)Oc3ccccc3)CC2)nc2c1CCCC2. The number of carbonyl (C=O) groups excluding carboxylic acids is 1. The maximum atomic E-state index is 12.1. The van der Waals surface area contributed by atoms with Gasteiger partial charge in [0.05, 0.1) is 5.69 Å². The van der Waals surface area contributed by atoms with Crippen LogP contribution in [0.2, 0.25) is 0 Å². The van der Waals surface area contributed by atoms with E-state index in [4.69, 9.17) is 14.7 Å². The first-order chi connectivity index (χ1) is 14.6. The quantitative estimate of drug-likeness (QED) is 0.779. The van der Waals surface area contributed by atoms with Crippen molar-refractivity contribution in [2.45, 2.75) is 63.5 Å². The van der Waals surface area contributed by atoms with E-state index < -0.39 is 0 Å². The molecule has 7 nitrogen and oxygen atoms in total. The Morgan fingerprint density at radius 1 is 1.00 bits per heavy atom. The van der Waals surface area contributed by atoms with Crippen molar-refractivity contribution >= 4 is 17.9 Å². The fraction of sp³-hybridized carbons (Fsp3) is 0.522. The summed E-state index contributed by atoms with van der Waals surface area (Å²) in [5.41, 5.74) is 2.50. The van der Waals surface area contributed by atoms with Crippen LogP contribution in [0.5, 0.6) is 5.75 Å². The second-order valence-electron chi connectivity index (χ2n) is 8.44. The molecule has 2 aromatic rings. The van der Waals surface area contributed by atoms with Gasteiger partial charge in [-0.05, 0) is 63.5 Å². The summed E-state index contributed by atoms with van der Waals surface area (Å²) >= 11 is 0. The number of carbonyl (C=O) groups is 1. The minimum atomic E-state index is -0.383. The molecule has 7 heteroatoms. The Balaban J connectivity index is 1.30. The Hall–Kier alpha value is -2.83. The van der Waals surface area contributed by atoms with Crippen LogP contribution >= 0.6 is 0 Å². The summed E-state index contributed by atoms with van der Waals surface area (Å²) in [4.78, 5) is 23.8. The molecule has 0 atom stereocenters. The van der Waals surface area contributed by atoms with E-state index in [9.17, 15) is 4.79 Å². The lowest BCUT2D eigenvalue weighted by atomic mass is 9.91. The van der Waals surface area contributed by atoms with Gasteiger partial charge in [-0.3, -0.25) is 0 Å². The number of nitrogens with one attached hydrogen (secondary N) is 2. The molecule has 30 heavy (non-hydrogen) atoms. The van der Waals surface area contributed by atoms with E-state index in [1.54, 1.807) is 12.1 Å². The molecule has 1 aromatic carbocycles. The van der Waals surface area contributed by atoms with Gasteiger partial charge in [0.15, 0.2) is 0 Å². The Bertz CT molecular complexity index is 863. The first-order valence-corrected chi connectivity index (χ1v) is 11.0. The fourth-order valence-electron chi connectivity index (χ4n) is 4.37. The van der Waals surface area contributed by atoms with Gasteiger partial charge in [0, 0.05) is 31.7 Å². The molecule has 0 aliphatic heterocycles. The van der Waals surface area contributed by atoms with Crippen molar-refractivity contribution in [3.05, 3.63) is 41.6 Å². The van der Waals surface area contributed by atoms with Gasteiger partial charge in [-0.15, -0.1) is 0 Å². The molecule has 1 amide bonds. The summed E-state index contributed by atoms with van der Waals surface area (Å²) in [6, 6.07) is 9.62. The molecule has 4 rings (SSSR count). The number of anilines is 2. The third-order valence-electron chi connectivity index (χ3n) is 5.92. The van der Waals surface area contributed by atoms with E-state index in [1.807, 2.05) is 32.3 Å². The second-order valence-corrected chi connectivity index (χ2v) is 8.44. The number of aryl methyl sites for hydroxylation is 1. The molecule has 0 saturated heterocycles. The van der Waals surface area contributed by atoms with E-state index in [0.717, 1.165) is 50.3 Å². The minimum absolute atomic E-state index is 0.140. The second kappa shape index (κ2) is 9.32. The number of benzene rings is 1. The molecule has 0 radical (unpaired) electrons. The van der Waals surface area contributed by atoms with Crippen molar-refractivity contribution in [2.24, 2.45) is 0 Å². The zero-order chi connectivity index (χ0) is 20.9. The monoisotopic (exact) mass is 409 g/mol. The highest BCUT2D eigenvalue weighted by molar-refractivity contribution is 5.70. The van der Waals surface area contributed by atoms with E-state index in [0.29, 0.717) is 11.8 Å². The number of nitrogens with zero attached hydrogens (tertiary/aromatic N) is 3. The number of fused-ring (bicyclic) bond motifs is 1. The van der Waals surface area contributed by atoms with Gasteiger partial charge in [-0.2, -0.15) is 4.98 Å². The van der Waals surface area contributed by atoms with Crippen LogP contribution in [0, 0.1) is 0 Å². The molecular weight excluding hydrogens is 378 g/mol. The van der Waals surface area contributed by atoms with Gasteiger partial charge in [0.25, 0.3) is 0 Å². The maximum absolute atomic E-state index is 12.1. The zero-order valence-electron chi connectivity index (χ0n) is 17.9. The highest BCUT2D eigenvalue weighted by Gasteiger charge is 2.25. The van der Waals surface area contributed by atoms with Crippen LogP contribution in [0.15, 0.2) is 30.3 Å². The van der Waals surface area contributed by atoms with Crippen LogP contribution in [0.25, 0.3) is 0 Å². The summed E-state index contributed by atoms with van der Waals surface area (Å²) in [6.45, 7) is 0. The Labute approximate surface area is 178 Å². The predicted octanol–water partition coefficient (Wildman–Crippen LogP) is 3.93. The van der Waals surface area contributed by atoms with Gasteiger partial charge in [-0.25, -0.2) is 9.78 Å². The zero-order valence-corrected chi connectivity index (χ0v) is 17.9. The third kappa shape index (κ3) is 5.01. The normalized spacial score (nSPS) is 20.7. The van der Waals surface area contributed by atoms with Crippen LogP contribution in [0.1, 0.15) is 49.8 Å². The molecule has 0 spiro atoms. The Kier molecular flexibility index (Phi) is 6.35.